The number of hydrogen-bond acceptors (Lipinski definition) is 3. The van der Waals surface area contributed by atoms with Crippen LogP contribution in [0.4, 0.5) is 8.78 Å². The normalized spacial score (nSPS) is 18.8. The van der Waals surface area contributed by atoms with Crippen LogP contribution in [0.3, 0.4) is 0 Å². The summed E-state index contributed by atoms with van der Waals surface area (Å²) >= 11 is 0. The predicted molar refractivity (Wildman–Crippen MR) is 60.9 cm³/mol. The SMILES string of the molecule is OC(CCC1OCCCO1)c1ccc(F)c(F)c1. The summed E-state index contributed by atoms with van der Waals surface area (Å²) < 4.78 is 36.4. The molecule has 1 aromatic carbocycles. The maximum atomic E-state index is 13.0. The molecule has 18 heavy (non-hydrogen) atoms. The summed E-state index contributed by atoms with van der Waals surface area (Å²) in [5.74, 6) is -1.86. The molecule has 1 unspecified atom stereocenters. The Morgan fingerprint density at radius 2 is 1.94 bits per heavy atom. The van der Waals surface area contributed by atoms with E-state index in [4.69, 9.17) is 9.47 Å². The number of halogens is 2. The van der Waals surface area contributed by atoms with Crippen molar-refractivity contribution in [1.29, 1.82) is 0 Å². The molecule has 0 amide bonds. The van der Waals surface area contributed by atoms with Crippen LogP contribution in [0.2, 0.25) is 0 Å². The predicted octanol–water partition coefficient (Wildman–Crippen LogP) is 2.54. The molecular weight excluding hydrogens is 242 g/mol. The van der Waals surface area contributed by atoms with E-state index in [1.807, 2.05) is 0 Å². The van der Waals surface area contributed by atoms with E-state index in [-0.39, 0.29) is 6.29 Å². The molecule has 0 spiro atoms. The monoisotopic (exact) mass is 258 g/mol. The van der Waals surface area contributed by atoms with Gasteiger partial charge in [-0.25, -0.2) is 8.78 Å². The molecule has 0 aromatic heterocycles. The fraction of sp³-hybridized carbons (Fsp3) is 0.538. The van der Waals surface area contributed by atoms with Gasteiger partial charge in [-0.3, -0.25) is 0 Å². The van der Waals surface area contributed by atoms with E-state index in [1.54, 1.807) is 0 Å². The Hall–Kier alpha value is -1.04. The molecule has 1 aliphatic rings. The molecular formula is C13H16F2O3. The number of aliphatic hydroxyl groups is 1. The highest BCUT2D eigenvalue weighted by Crippen LogP contribution is 2.22. The lowest BCUT2D eigenvalue weighted by Gasteiger charge is -2.24. The molecule has 0 radical (unpaired) electrons. The Balaban J connectivity index is 1.86. The Morgan fingerprint density at radius 3 is 2.61 bits per heavy atom. The number of rotatable bonds is 4. The highest BCUT2D eigenvalue weighted by molar-refractivity contribution is 5.19. The minimum atomic E-state index is -0.947. The van der Waals surface area contributed by atoms with Gasteiger partial charge in [-0.05, 0) is 30.5 Å². The molecule has 0 aliphatic carbocycles. The van der Waals surface area contributed by atoms with Gasteiger partial charge < -0.3 is 14.6 Å². The van der Waals surface area contributed by atoms with Crippen molar-refractivity contribution in [2.24, 2.45) is 0 Å². The minimum Gasteiger partial charge on any atom is -0.388 e. The van der Waals surface area contributed by atoms with Crippen LogP contribution in [0.1, 0.15) is 30.9 Å². The second-order valence-electron chi connectivity index (χ2n) is 4.29. The van der Waals surface area contributed by atoms with Crippen LogP contribution in [-0.4, -0.2) is 24.6 Å². The fourth-order valence-corrected chi connectivity index (χ4v) is 1.88. The molecule has 2 rings (SSSR count). The van der Waals surface area contributed by atoms with Gasteiger partial charge in [0.1, 0.15) is 0 Å². The van der Waals surface area contributed by atoms with Gasteiger partial charge in [0.05, 0.1) is 19.3 Å². The molecule has 0 bridgehead atoms. The van der Waals surface area contributed by atoms with Crippen molar-refractivity contribution in [3.63, 3.8) is 0 Å². The summed E-state index contributed by atoms with van der Waals surface area (Å²) in [5.41, 5.74) is 0.365. The first-order valence-corrected chi connectivity index (χ1v) is 6.03. The molecule has 5 heteroatoms. The number of hydrogen-bond donors (Lipinski definition) is 1. The molecule has 1 fully saturated rings. The second kappa shape index (κ2) is 6.22. The van der Waals surface area contributed by atoms with E-state index >= 15 is 0 Å². The maximum Gasteiger partial charge on any atom is 0.159 e. The first kappa shape index (κ1) is 13.4. The summed E-state index contributed by atoms with van der Waals surface area (Å²) in [6.07, 6.45) is 0.644. The van der Waals surface area contributed by atoms with Crippen LogP contribution in [0.25, 0.3) is 0 Å². The topological polar surface area (TPSA) is 38.7 Å². The molecule has 3 nitrogen and oxygen atoms in total. The third-order valence-electron chi connectivity index (χ3n) is 2.90. The first-order valence-electron chi connectivity index (χ1n) is 6.03. The second-order valence-corrected chi connectivity index (χ2v) is 4.29. The Kier molecular flexibility index (Phi) is 4.63. The minimum absolute atomic E-state index is 0.307. The van der Waals surface area contributed by atoms with Crippen LogP contribution in [0.15, 0.2) is 18.2 Å². The van der Waals surface area contributed by atoms with Crippen molar-refractivity contribution < 1.29 is 23.4 Å². The lowest BCUT2D eigenvalue weighted by Crippen LogP contribution is -2.25. The Bertz CT molecular complexity index is 392. The Labute approximate surface area is 104 Å². The van der Waals surface area contributed by atoms with Crippen LogP contribution in [-0.2, 0) is 9.47 Å². The quantitative estimate of drug-likeness (QED) is 0.902. The van der Waals surface area contributed by atoms with Crippen LogP contribution in [0, 0.1) is 11.6 Å². The zero-order chi connectivity index (χ0) is 13.0. The third kappa shape index (κ3) is 3.48. The lowest BCUT2D eigenvalue weighted by molar-refractivity contribution is -0.183. The van der Waals surface area contributed by atoms with Gasteiger partial charge in [0.2, 0.25) is 0 Å². The molecule has 1 saturated heterocycles. The Morgan fingerprint density at radius 1 is 1.22 bits per heavy atom. The molecule has 1 N–H and O–H groups in total. The first-order chi connectivity index (χ1) is 8.66. The van der Waals surface area contributed by atoms with Gasteiger partial charge in [-0.2, -0.15) is 0 Å². The van der Waals surface area contributed by atoms with E-state index < -0.39 is 17.7 Å². The molecule has 1 aromatic rings. The van der Waals surface area contributed by atoms with Gasteiger partial charge in [0, 0.05) is 6.42 Å². The summed E-state index contributed by atoms with van der Waals surface area (Å²) in [5, 5.41) is 9.87. The maximum absolute atomic E-state index is 13.0. The number of benzene rings is 1. The van der Waals surface area contributed by atoms with Gasteiger partial charge >= 0.3 is 0 Å². The van der Waals surface area contributed by atoms with E-state index in [2.05, 4.69) is 0 Å². The zero-order valence-electron chi connectivity index (χ0n) is 9.94. The summed E-state index contributed by atoms with van der Waals surface area (Å²) in [4.78, 5) is 0. The molecule has 100 valence electrons. The van der Waals surface area contributed by atoms with Crippen molar-refractivity contribution in [3.05, 3.63) is 35.4 Å². The fourth-order valence-electron chi connectivity index (χ4n) is 1.88. The van der Waals surface area contributed by atoms with Crippen LogP contribution >= 0.6 is 0 Å². The standard InChI is InChI=1S/C13H16F2O3/c14-10-3-2-9(8-11(10)15)12(16)4-5-13-17-6-1-7-18-13/h2-3,8,12-13,16H,1,4-7H2. The highest BCUT2D eigenvalue weighted by Gasteiger charge is 2.17. The third-order valence-corrected chi connectivity index (χ3v) is 2.90. The van der Waals surface area contributed by atoms with E-state index in [0.717, 1.165) is 18.6 Å². The molecule has 1 heterocycles. The van der Waals surface area contributed by atoms with Gasteiger partial charge in [0.25, 0.3) is 0 Å². The van der Waals surface area contributed by atoms with Crippen LogP contribution < -0.4 is 0 Å². The summed E-state index contributed by atoms with van der Waals surface area (Å²) in [7, 11) is 0. The highest BCUT2D eigenvalue weighted by atomic mass is 19.2. The van der Waals surface area contributed by atoms with Crippen molar-refractivity contribution in [2.75, 3.05) is 13.2 Å². The van der Waals surface area contributed by atoms with Gasteiger partial charge in [-0.15, -0.1) is 0 Å². The average molecular weight is 258 g/mol. The van der Waals surface area contributed by atoms with E-state index in [1.165, 1.54) is 6.07 Å². The summed E-state index contributed by atoms with van der Waals surface area (Å²) in [6, 6.07) is 3.41. The molecule has 0 saturated carbocycles. The van der Waals surface area contributed by atoms with Crippen LogP contribution in [0.5, 0.6) is 0 Å². The largest absolute Gasteiger partial charge is 0.388 e. The van der Waals surface area contributed by atoms with Gasteiger partial charge in [0.15, 0.2) is 17.9 Å². The smallest absolute Gasteiger partial charge is 0.159 e. The van der Waals surface area contributed by atoms with Crippen molar-refractivity contribution in [1.82, 2.24) is 0 Å². The molecule has 1 atom stereocenters. The number of aliphatic hydroxyl groups excluding tert-OH is 1. The van der Waals surface area contributed by atoms with E-state index in [0.29, 0.717) is 31.6 Å². The zero-order valence-corrected chi connectivity index (χ0v) is 9.94. The lowest BCUT2D eigenvalue weighted by atomic mass is 10.0. The molecule has 1 aliphatic heterocycles. The number of ether oxygens (including phenoxy) is 2. The van der Waals surface area contributed by atoms with Gasteiger partial charge in [-0.1, -0.05) is 6.07 Å². The average Bonchev–Trinajstić information content (AvgIpc) is 2.40. The van der Waals surface area contributed by atoms with E-state index in [9.17, 15) is 13.9 Å². The van der Waals surface area contributed by atoms with Crippen molar-refractivity contribution in [3.8, 4) is 0 Å². The summed E-state index contributed by atoms with van der Waals surface area (Å²) in [6.45, 7) is 1.32. The van der Waals surface area contributed by atoms with Crippen molar-refractivity contribution >= 4 is 0 Å². The van der Waals surface area contributed by atoms with Crippen molar-refractivity contribution in [2.45, 2.75) is 31.7 Å².